The summed E-state index contributed by atoms with van der Waals surface area (Å²) in [6, 6.07) is 4.05. The topological polar surface area (TPSA) is 104 Å². The van der Waals surface area contributed by atoms with Gasteiger partial charge in [-0.25, -0.2) is 13.1 Å². The molecule has 0 aromatic heterocycles. The lowest BCUT2D eigenvalue weighted by molar-refractivity contribution is -0.141. The summed E-state index contributed by atoms with van der Waals surface area (Å²) < 4.78 is 26.9. The van der Waals surface area contributed by atoms with Gasteiger partial charge in [0.15, 0.2) is 0 Å². The van der Waals surface area contributed by atoms with Crippen molar-refractivity contribution >= 4 is 62.0 Å². The molecule has 0 radical (unpaired) electrons. The molecule has 1 aromatic rings. The molecule has 1 N–H and O–H groups in total. The molecule has 0 saturated carbocycles. The largest absolute Gasteiger partial charge is 0.338 e. The fourth-order valence-corrected chi connectivity index (χ4v) is 5.75. The Bertz CT molecular complexity index is 866. The summed E-state index contributed by atoms with van der Waals surface area (Å²) in [5, 5.41) is -0.309. The van der Waals surface area contributed by atoms with Gasteiger partial charge in [0.05, 0.1) is 21.8 Å². The predicted molar refractivity (Wildman–Crippen MR) is 101 cm³/mol. The van der Waals surface area contributed by atoms with Gasteiger partial charge in [0, 0.05) is 26.1 Å². The first kappa shape index (κ1) is 20.4. The Morgan fingerprint density at radius 2 is 1.85 bits per heavy atom. The Balaban J connectivity index is 1.49. The van der Waals surface area contributed by atoms with Crippen LogP contribution in [0.5, 0.6) is 0 Å². The lowest BCUT2D eigenvalue weighted by Gasteiger charge is -2.42. The summed E-state index contributed by atoms with van der Waals surface area (Å²) in [4.78, 5) is 37.9. The molecule has 0 bridgehead atoms. The highest BCUT2D eigenvalue weighted by atomic mass is 35.5. The van der Waals surface area contributed by atoms with Crippen LogP contribution in [0.4, 0.5) is 4.79 Å². The van der Waals surface area contributed by atoms with E-state index in [2.05, 4.69) is 4.72 Å². The van der Waals surface area contributed by atoms with Gasteiger partial charge in [0.25, 0.3) is 5.24 Å². The summed E-state index contributed by atoms with van der Waals surface area (Å²) in [5.41, 5.74) is 0. The van der Waals surface area contributed by atoms with Crippen LogP contribution in [0.3, 0.4) is 0 Å². The molecule has 8 nitrogen and oxygen atoms in total. The Hall–Kier alpha value is -1.33. The number of hydrogen-bond acceptors (Lipinski definition) is 6. The average molecular weight is 452 g/mol. The second kappa shape index (κ2) is 7.96. The summed E-state index contributed by atoms with van der Waals surface area (Å²) in [6.45, 7) is 0.404. The number of rotatable bonds is 6. The molecule has 27 heavy (non-hydrogen) atoms. The van der Waals surface area contributed by atoms with E-state index in [-0.39, 0.29) is 69.8 Å². The van der Waals surface area contributed by atoms with Gasteiger partial charge in [-0.1, -0.05) is 41.0 Å². The number of nitrogens with one attached hydrogen (secondary N) is 1. The molecule has 2 heterocycles. The fourth-order valence-electron chi connectivity index (χ4n) is 2.80. The number of imide groups is 1. The Kier molecular flexibility index (Phi) is 6.02. The highest BCUT2D eigenvalue weighted by molar-refractivity contribution is 8.14. The number of carbonyl (C=O) groups excluding carboxylic acids is 3. The van der Waals surface area contributed by atoms with Gasteiger partial charge in [-0.2, -0.15) is 0 Å². The van der Waals surface area contributed by atoms with E-state index in [4.69, 9.17) is 23.2 Å². The second-order valence-electron chi connectivity index (χ2n) is 5.97. The van der Waals surface area contributed by atoms with Crippen LogP contribution in [0.25, 0.3) is 0 Å². The number of halogens is 2. The van der Waals surface area contributed by atoms with Crippen molar-refractivity contribution < 1.29 is 22.8 Å². The van der Waals surface area contributed by atoms with Gasteiger partial charge < -0.3 is 4.90 Å². The highest BCUT2D eigenvalue weighted by Gasteiger charge is 2.43. The van der Waals surface area contributed by atoms with Gasteiger partial charge in [-0.05, 0) is 12.1 Å². The molecule has 1 aromatic carbocycles. The normalized spacial score (nSPS) is 18.1. The molecule has 3 amide bonds. The van der Waals surface area contributed by atoms with Crippen LogP contribution in [-0.2, 0) is 19.6 Å². The van der Waals surface area contributed by atoms with Crippen LogP contribution in [0.1, 0.15) is 6.42 Å². The maximum atomic E-state index is 12.3. The number of carbonyl (C=O) groups is 3. The fraction of sp³-hybridized carbons (Fsp3) is 0.400. The van der Waals surface area contributed by atoms with Crippen molar-refractivity contribution in [1.82, 2.24) is 14.5 Å². The van der Waals surface area contributed by atoms with Crippen LogP contribution in [-0.4, -0.2) is 66.7 Å². The molecule has 0 aliphatic carbocycles. The zero-order valence-corrected chi connectivity index (χ0v) is 17.0. The maximum absolute atomic E-state index is 12.3. The highest BCUT2D eigenvalue weighted by Crippen LogP contribution is 2.29. The van der Waals surface area contributed by atoms with E-state index in [0.717, 1.165) is 11.8 Å². The van der Waals surface area contributed by atoms with E-state index < -0.39 is 10.0 Å². The summed E-state index contributed by atoms with van der Waals surface area (Å²) in [7, 11) is -3.96. The van der Waals surface area contributed by atoms with Crippen molar-refractivity contribution in [3.63, 3.8) is 0 Å². The third kappa shape index (κ3) is 4.24. The second-order valence-corrected chi connectivity index (χ2v) is 9.41. The van der Waals surface area contributed by atoms with E-state index in [1.807, 2.05) is 0 Å². The first-order chi connectivity index (χ1) is 12.7. The number of likely N-dealkylation sites (tertiary alicyclic amines) is 1. The van der Waals surface area contributed by atoms with Gasteiger partial charge in [-0.3, -0.25) is 19.3 Å². The van der Waals surface area contributed by atoms with Crippen LogP contribution < -0.4 is 4.72 Å². The molecule has 0 unspecified atom stereocenters. The Morgan fingerprint density at radius 1 is 1.22 bits per heavy atom. The number of benzene rings is 1. The monoisotopic (exact) mass is 451 g/mol. The molecule has 12 heteroatoms. The van der Waals surface area contributed by atoms with Crippen LogP contribution in [0.2, 0.25) is 10.0 Å². The van der Waals surface area contributed by atoms with E-state index in [0.29, 0.717) is 0 Å². The summed E-state index contributed by atoms with van der Waals surface area (Å²) >= 11 is 12.8. The molecule has 146 valence electrons. The molecular weight excluding hydrogens is 437 g/mol. The molecule has 2 aliphatic rings. The number of hydrogen-bond donors (Lipinski definition) is 1. The number of nitrogens with zero attached hydrogens (tertiary/aromatic N) is 2. The predicted octanol–water partition coefficient (Wildman–Crippen LogP) is 1.57. The minimum atomic E-state index is -3.96. The van der Waals surface area contributed by atoms with Gasteiger partial charge in [0.2, 0.25) is 21.8 Å². The van der Waals surface area contributed by atoms with Gasteiger partial charge >= 0.3 is 0 Å². The lowest BCUT2D eigenvalue weighted by Crippen LogP contribution is -2.62. The van der Waals surface area contributed by atoms with E-state index in [9.17, 15) is 22.8 Å². The first-order valence-corrected chi connectivity index (χ1v) is 11.1. The number of thioether (sulfide) groups is 1. The average Bonchev–Trinajstić information content (AvgIpc) is 2.85. The Morgan fingerprint density at radius 3 is 2.41 bits per heavy atom. The summed E-state index contributed by atoms with van der Waals surface area (Å²) in [5.74, 6) is -0.382. The van der Waals surface area contributed by atoms with Crippen molar-refractivity contribution in [2.24, 2.45) is 0 Å². The molecule has 2 aliphatic heterocycles. The molecule has 3 rings (SSSR count). The third-order valence-corrected chi connectivity index (χ3v) is 7.43. The summed E-state index contributed by atoms with van der Waals surface area (Å²) in [6.07, 6.45) is -0.0648. The Labute approximate surface area is 170 Å². The van der Waals surface area contributed by atoms with Crippen molar-refractivity contribution in [3.8, 4) is 0 Å². The van der Waals surface area contributed by atoms with Crippen molar-refractivity contribution in [2.75, 3.05) is 25.4 Å². The molecule has 2 fully saturated rings. The molecule has 0 spiro atoms. The van der Waals surface area contributed by atoms with Crippen molar-refractivity contribution in [1.29, 1.82) is 0 Å². The third-order valence-electron chi connectivity index (χ3n) is 4.18. The molecule has 2 saturated heterocycles. The maximum Gasteiger partial charge on any atom is 0.289 e. The van der Waals surface area contributed by atoms with Crippen LogP contribution in [0.15, 0.2) is 23.1 Å². The molecular formula is C15H15Cl2N3O5S2. The van der Waals surface area contributed by atoms with Crippen LogP contribution in [0, 0.1) is 0 Å². The van der Waals surface area contributed by atoms with E-state index >= 15 is 0 Å². The first-order valence-electron chi connectivity index (χ1n) is 7.91. The number of amides is 3. The standard InChI is InChI=1S/C15H15Cl2N3O5S2/c16-10-2-1-3-11(17)14(10)27(24,25)18-5-4-12(21)19-6-9(7-19)20-13(22)8-26-15(20)23/h1-3,9,18H,4-8H2. The SMILES string of the molecule is O=C(CCNS(=O)(=O)c1c(Cl)cccc1Cl)N1CC(N2C(=O)CSC2=O)C1. The van der Waals surface area contributed by atoms with Crippen molar-refractivity contribution in [3.05, 3.63) is 28.2 Å². The van der Waals surface area contributed by atoms with Crippen molar-refractivity contribution in [2.45, 2.75) is 17.4 Å². The van der Waals surface area contributed by atoms with Gasteiger partial charge in [-0.15, -0.1) is 0 Å². The quantitative estimate of drug-likeness (QED) is 0.703. The lowest BCUT2D eigenvalue weighted by atomic mass is 10.1. The zero-order chi connectivity index (χ0) is 19.8. The van der Waals surface area contributed by atoms with E-state index in [1.54, 1.807) is 0 Å². The minimum absolute atomic E-state index is 0.00951. The number of sulfonamides is 1. The zero-order valence-electron chi connectivity index (χ0n) is 13.9. The minimum Gasteiger partial charge on any atom is -0.338 e. The van der Waals surface area contributed by atoms with Gasteiger partial charge in [0.1, 0.15) is 4.90 Å². The molecule has 0 atom stereocenters. The van der Waals surface area contributed by atoms with Crippen LogP contribution >= 0.6 is 35.0 Å². The smallest absolute Gasteiger partial charge is 0.289 e. The van der Waals surface area contributed by atoms with E-state index in [1.165, 1.54) is 28.0 Å².